The molecule has 0 spiro atoms. The van der Waals surface area contributed by atoms with Crippen molar-refractivity contribution in [2.24, 2.45) is 13.0 Å². The molecule has 1 atom stereocenters. The fourth-order valence-electron chi connectivity index (χ4n) is 2.08. The summed E-state index contributed by atoms with van der Waals surface area (Å²) in [4.78, 5) is 17.6. The number of carbonyl (C=O) groups is 1. The average molecular weight is 290 g/mol. The van der Waals surface area contributed by atoms with E-state index in [-0.39, 0.29) is 11.8 Å². The molecule has 0 N–H and O–H groups in total. The number of halogens is 1. The number of carbonyl (C=O) groups excluding carboxylic acids is 1. The average Bonchev–Trinajstić information content (AvgIpc) is 2.87. The van der Waals surface area contributed by atoms with Gasteiger partial charge in [0.05, 0.1) is 11.9 Å². The quantitative estimate of drug-likeness (QED) is 0.869. The Bertz CT molecular complexity index is 653. The first-order valence-corrected chi connectivity index (χ1v) is 6.86. The number of pyridine rings is 1. The topological polar surface area (TPSA) is 51.0 Å². The Morgan fingerprint density at radius 2 is 2.14 bits per heavy atom. The van der Waals surface area contributed by atoms with Crippen molar-refractivity contribution in [2.75, 3.05) is 11.9 Å². The van der Waals surface area contributed by atoms with E-state index in [0.29, 0.717) is 17.1 Å². The fraction of sp³-hybridized carbons (Fsp3) is 0.400. The molecule has 0 fully saturated rings. The van der Waals surface area contributed by atoms with Crippen molar-refractivity contribution in [1.29, 1.82) is 0 Å². The molecule has 112 valence electrons. The maximum atomic E-state index is 13.2. The zero-order valence-corrected chi connectivity index (χ0v) is 12.7. The Labute approximate surface area is 123 Å². The SMILES string of the molecule is CCC(C)C(=O)N(C)c1cc(-c2cncc(F)c2)nn1C. The molecule has 2 aromatic heterocycles. The molecule has 0 aliphatic rings. The van der Waals surface area contributed by atoms with Crippen LogP contribution in [0.4, 0.5) is 10.2 Å². The highest BCUT2D eigenvalue weighted by Crippen LogP contribution is 2.24. The van der Waals surface area contributed by atoms with Gasteiger partial charge in [-0.1, -0.05) is 13.8 Å². The molecule has 21 heavy (non-hydrogen) atoms. The van der Waals surface area contributed by atoms with Gasteiger partial charge in [-0.25, -0.2) is 4.39 Å². The third-order valence-corrected chi connectivity index (χ3v) is 3.56. The summed E-state index contributed by atoms with van der Waals surface area (Å²) < 4.78 is 14.8. The van der Waals surface area contributed by atoms with Crippen LogP contribution in [0.15, 0.2) is 24.5 Å². The van der Waals surface area contributed by atoms with Crippen LogP contribution in [0, 0.1) is 11.7 Å². The Kier molecular flexibility index (Phi) is 4.35. The van der Waals surface area contributed by atoms with E-state index in [9.17, 15) is 9.18 Å². The minimum atomic E-state index is -0.413. The summed E-state index contributed by atoms with van der Waals surface area (Å²) in [6.45, 7) is 3.87. The first kappa shape index (κ1) is 15.2. The summed E-state index contributed by atoms with van der Waals surface area (Å²) in [6.07, 6.45) is 3.47. The summed E-state index contributed by atoms with van der Waals surface area (Å²) in [6, 6.07) is 3.13. The standard InChI is InChI=1S/C15H19FN4O/c1-5-10(2)15(21)19(3)14-7-13(18-20(14)4)11-6-12(16)9-17-8-11/h6-10H,5H2,1-4H3. The number of nitrogens with zero attached hydrogens (tertiary/aromatic N) is 4. The van der Waals surface area contributed by atoms with Crippen molar-refractivity contribution >= 4 is 11.7 Å². The minimum Gasteiger partial charge on any atom is -0.300 e. The molecule has 6 heteroatoms. The number of rotatable bonds is 4. The maximum Gasteiger partial charge on any atom is 0.230 e. The van der Waals surface area contributed by atoms with Gasteiger partial charge in [-0.2, -0.15) is 5.10 Å². The molecule has 2 heterocycles. The van der Waals surface area contributed by atoms with Gasteiger partial charge in [-0.3, -0.25) is 19.4 Å². The first-order valence-electron chi connectivity index (χ1n) is 6.86. The Morgan fingerprint density at radius 3 is 2.76 bits per heavy atom. The lowest BCUT2D eigenvalue weighted by Crippen LogP contribution is -2.32. The van der Waals surface area contributed by atoms with E-state index < -0.39 is 5.82 Å². The minimum absolute atomic E-state index is 0.0319. The molecule has 1 unspecified atom stereocenters. The third-order valence-electron chi connectivity index (χ3n) is 3.56. The highest BCUT2D eigenvalue weighted by Gasteiger charge is 2.20. The van der Waals surface area contributed by atoms with Crippen LogP contribution in [0.1, 0.15) is 20.3 Å². The number of hydrogen-bond acceptors (Lipinski definition) is 3. The summed E-state index contributed by atoms with van der Waals surface area (Å²) >= 11 is 0. The van der Waals surface area contributed by atoms with Crippen molar-refractivity contribution in [3.63, 3.8) is 0 Å². The number of anilines is 1. The van der Waals surface area contributed by atoms with Crippen LogP contribution >= 0.6 is 0 Å². The van der Waals surface area contributed by atoms with Crippen LogP contribution in [0.2, 0.25) is 0 Å². The van der Waals surface area contributed by atoms with Gasteiger partial charge in [0.15, 0.2) is 0 Å². The second-order valence-electron chi connectivity index (χ2n) is 5.11. The number of hydrogen-bond donors (Lipinski definition) is 0. The molecule has 0 saturated carbocycles. The lowest BCUT2D eigenvalue weighted by atomic mass is 10.1. The van der Waals surface area contributed by atoms with E-state index in [1.54, 1.807) is 35.9 Å². The lowest BCUT2D eigenvalue weighted by Gasteiger charge is -2.20. The number of aryl methyl sites for hydroxylation is 1. The second-order valence-corrected chi connectivity index (χ2v) is 5.11. The molecule has 0 aliphatic heterocycles. The highest BCUT2D eigenvalue weighted by atomic mass is 19.1. The van der Waals surface area contributed by atoms with Crippen molar-refractivity contribution in [1.82, 2.24) is 14.8 Å². The maximum absolute atomic E-state index is 13.2. The van der Waals surface area contributed by atoms with Gasteiger partial charge in [0.2, 0.25) is 5.91 Å². The van der Waals surface area contributed by atoms with Gasteiger partial charge < -0.3 is 0 Å². The first-order chi connectivity index (χ1) is 9.93. The van der Waals surface area contributed by atoms with Crippen LogP contribution in [0.25, 0.3) is 11.3 Å². The molecule has 0 radical (unpaired) electrons. The van der Waals surface area contributed by atoms with Crippen LogP contribution in [0.5, 0.6) is 0 Å². The molecule has 0 bridgehead atoms. The normalized spacial score (nSPS) is 12.2. The predicted molar refractivity (Wildman–Crippen MR) is 79.3 cm³/mol. The second kappa shape index (κ2) is 6.03. The summed E-state index contributed by atoms with van der Waals surface area (Å²) in [7, 11) is 3.48. The van der Waals surface area contributed by atoms with Crippen LogP contribution in [-0.4, -0.2) is 27.7 Å². The van der Waals surface area contributed by atoms with Crippen LogP contribution < -0.4 is 4.90 Å². The van der Waals surface area contributed by atoms with Gasteiger partial charge >= 0.3 is 0 Å². The van der Waals surface area contributed by atoms with E-state index in [2.05, 4.69) is 10.1 Å². The molecule has 0 aliphatic carbocycles. The van der Waals surface area contributed by atoms with E-state index in [4.69, 9.17) is 0 Å². The largest absolute Gasteiger partial charge is 0.300 e. The van der Waals surface area contributed by atoms with Gasteiger partial charge in [0, 0.05) is 37.8 Å². The lowest BCUT2D eigenvalue weighted by molar-refractivity contribution is -0.121. The molecule has 1 amide bonds. The van der Waals surface area contributed by atoms with E-state index >= 15 is 0 Å². The fourth-order valence-corrected chi connectivity index (χ4v) is 2.08. The predicted octanol–water partition coefficient (Wildman–Crippen LogP) is 2.63. The molecular formula is C15H19FN4O. The molecule has 5 nitrogen and oxygen atoms in total. The van der Waals surface area contributed by atoms with E-state index in [0.717, 1.165) is 12.6 Å². The van der Waals surface area contributed by atoms with Crippen LogP contribution in [0.3, 0.4) is 0 Å². The Balaban J connectivity index is 2.33. The Hall–Kier alpha value is -2.24. The van der Waals surface area contributed by atoms with E-state index in [1.165, 1.54) is 6.07 Å². The van der Waals surface area contributed by atoms with Crippen molar-refractivity contribution in [2.45, 2.75) is 20.3 Å². The number of aromatic nitrogens is 3. The van der Waals surface area contributed by atoms with Crippen molar-refractivity contribution < 1.29 is 9.18 Å². The summed E-state index contributed by atoms with van der Waals surface area (Å²) in [5.41, 5.74) is 1.17. The molecule has 0 aromatic carbocycles. The monoisotopic (exact) mass is 290 g/mol. The highest BCUT2D eigenvalue weighted by molar-refractivity contribution is 5.94. The summed E-state index contributed by atoms with van der Waals surface area (Å²) in [5.74, 6) is 0.233. The van der Waals surface area contributed by atoms with Crippen molar-refractivity contribution in [3.8, 4) is 11.3 Å². The Morgan fingerprint density at radius 1 is 1.43 bits per heavy atom. The van der Waals surface area contributed by atoms with E-state index in [1.807, 2.05) is 13.8 Å². The number of amides is 1. The van der Waals surface area contributed by atoms with Gasteiger partial charge in [0.25, 0.3) is 0 Å². The smallest absolute Gasteiger partial charge is 0.230 e. The third kappa shape index (κ3) is 3.09. The molecule has 0 saturated heterocycles. The van der Waals surface area contributed by atoms with Gasteiger partial charge in [0.1, 0.15) is 11.6 Å². The molecular weight excluding hydrogens is 271 g/mol. The van der Waals surface area contributed by atoms with Crippen LogP contribution in [-0.2, 0) is 11.8 Å². The molecule has 2 rings (SSSR count). The zero-order chi connectivity index (χ0) is 15.6. The zero-order valence-electron chi connectivity index (χ0n) is 12.7. The summed E-state index contributed by atoms with van der Waals surface area (Å²) in [5, 5.41) is 4.33. The van der Waals surface area contributed by atoms with Gasteiger partial charge in [-0.15, -0.1) is 0 Å². The molecule has 2 aromatic rings. The van der Waals surface area contributed by atoms with Crippen molar-refractivity contribution in [3.05, 3.63) is 30.3 Å². The van der Waals surface area contributed by atoms with Gasteiger partial charge in [-0.05, 0) is 12.5 Å².